The molecule has 3 N–H and O–H groups in total. The Morgan fingerprint density at radius 1 is 1.27 bits per heavy atom. The Bertz CT molecular complexity index is 512. The van der Waals surface area contributed by atoms with Crippen LogP contribution in [0.5, 0.6) is 11.5 Å². The first-order valence-electron chi connectivity index (χ1n) is 7.64. The Hall–Kier alpha value is -1.46. The molecule has 0 saturated heterocycles. The van der Waals surface area contributed by atoms with Gasteiger partial charge in [-0.2, -0.15) is 0 Å². The molecule has 1 unspecified atom stereocenters. The standard InChI is InChI=1S/C16H22N2O3.ClH/c17-8-11-4-3-5-13(11)16(19)18-9-12-10-20-14-6-1-2-7-15(14)21-12;/h1-2,6-7,11-13H,3-5,8-10,17H2,(H,18,19);1H/t11-,12?,13-;/m1./s1. The summed E-state index contributed by atoms with van der Waals surface area (Å²) < 4.78 is 11.5. The molecule has 5 nitrogen and oxygen atoms in total. The molecular formula is C16H23ClN2O3. The number of benzene rings is 1. The highest BCUT2D eigenvalue weighted by molar-refractivity contribution is 5.85. The van der Waals surface area contributed by atoms with Crippen molar-refractivity contribution in [2.45, 2.75) is 25.4 Å². The van der Waals surface area contributed by atoms with Gasteiger partial charge in [0.2, 0.25) is 5.91 Å². The molecule has 22 heavy (non-hydrogen) atoms. The molecule has 1 aromatic rings. The molecule has 1 aliphatic heterocycles. The van der Waals surface area contributed by atoms with Crippen LogP contribution in [0.3, 0.4) is 0 Å². The van der Waals surface area contributed by atoms with E-state index >= 15 is 0 Å². The lowest BCUT2D eigenvalue weighted by Gasteiger charge is -2.27. The molecule has 0 spiro atoms. The van der Waals surface area contributed by atoms with E-state index in [1.165, 1.54) is 0 Å². The number of halogens is 1. The molecular weight excluding hydrogens is 304 g/mol. The molecule has 2 aliphatic rings. The van der Waals surface area contributed by atoms with Crippen LogP contribution in [0, 0.1) is 11.8 Å². The van der Waals surface area contributed by atoms with E-state index in [-0.39, 0.29) is 30.3 Å². The second-order valence-electron chi connectivity index (χ2n) is 5.78. The maximum absolute atomic E-state index is 12.2. The smallest absolute Gasteiger partial charge is 0.223 e. The van der Waals surface area contributed by atoms with Gasteiger partial charge >= 0.3 is 0 Å². The number of ether oxygens (including phenoxy) is 2. The van der Waals surface area contributed by atoms with E-state index < -0.39 is 0 Å². The molecule has 3 atom stereocenters. The minimum atomic E-state index is -0.137. The van der Waals surface area contributed by atoms with Crippen molar-refractivity contribution in [2.75, 3.05) is 19.7 Å². The van der Waals surface area contributed by atoms with Gasteiger partial charge in [-0.3, -0.25) is 4.79 Å². The van der Waals surface area contributed by atoms with Gasteiger partial charge in [-0.25, -0.2) is 0 Å². The Balaban J connectivity index is 0.00000176. The van der Waals surface area contributed by atoms with Gasteiger partial charge in [0.1, 0.15) is 12.7 Å². The summed E-state index contributed by atoms with van der Waals surface area (Å²) in [4.78, 5) is 12.2. The minimum Gasteiger partial charge on any atom is -0.486 e. The number of hydrogen-bond donors (Lipinski definition) is 2. The molecule has 3 rings (SSSR count). The number of hydrogen-bond acceptors (Lipinski definition) is 4. The average molecular weight is 327 g/mol. The summed E-state index contributed by atoms with van der Waals surface area (Å²) in [5.41, 5.74) is 5.73. The number of nitrogens with one attached hydrogen (secondary N) is 1. The van der Waals surface area contributed by atoms with Gasteiger partial charge in [-0.1, -0.05) is 18.6 Å². The maximum atomic E-state index is 12.2. The van der Waals surface area contributed by atoms with Gasteiger partial charge in [0.25, 0.3) is 0 Å². The molecule has 6 heteroatoms. The van der Waals surface area contributed by atoms with Crippen LogP contribution in [0.4, 0.5) is 0 Å². The fourth-order valence-electron chi connectivity index (χ4n) is 3.17. The molecule has 1 amide bonds. The van der Waals surface area contributed by atoms with Crippen molar-refractivity contribution in [1.82, 2.24) is 5.32 Å². The summed E-state index contributed by atoms with van der Waals surface area (Å²) in [6.45, 7) is 1.53. The fourth-order valence-corrected chi connectivity index (χ4v) is 3.17. The van der Waals surface area contributed by atoms with Crippen LogP contribution in [0.25, 0.3) is 0 Å². The molecule has 1 fully saturated rings. The molecule has 1 aliphatic carbocycles. The van der Waals surface area contributed by atoms with Crippen LogP contribution in [-0.4, -0.2) is 31.7 Å². The zero-order valence-corrected chi connectivity index (χ0v) is 13.3. The van der Waals surface area contributed by atoms with E-state index in [4.69, 9.17) is 15.2 Å². The molecule has 0 bridgehead atoms. The fraction of sp³-hybridized carbons (Fsp3) is 0.562. The largest absolute Gasteiger partial charge is 0.486 e. The minimum absolute atomic E-state index is 0. The number of amides is 1. The summed E-state index contributed by atoms with van der Waals surface area (Å²) in [5, 5.41) is 2.99. The van der Waals surface area contributed by atoms with Crippen LogP contribution >= 0.6 is 12.4 Å². The average Bonchev–Trinajstić information content (AvgIpc) is 3.01. The second kappa shape index (κ2) is 7.70. The molecule has 1 saturated carbocycles. The van der Waals surface area contributed by atoms with Crippen molar-refractivity contribution in [3.63, 3.8) is 0 Å². The third-order valence-electron chi connectivity index (χ3n) is 4.37. The number of rotatable bonds is 4. The zero-order chi connectivity index (χ0) is 14.7. The van der Waals surface area contributed by atoms with E-state index in [9.17, 15) is 4.79 Å². The number of para-hydroxylation sites is 2. The first kappa shape index (κ1) is 16.9. The predicted molar refractivity (Wildman–Crippen MR) is 86.5 cm³/mol. The van der Waals surface area contributed by atoms with Gasteiger partial charge in [-0.15, -0.1) is 12.4 Å². The summed E-state index contributed by atoms with van der Waals surface area (Å²) in [6.07, 6.45) is 2.96. The monoisotopic (exact) mass is 326 g/mol. The van der Waals surface area contributed by atoms with E-state index in [2.05, 4.69) is 5.32 Å². The van der Waals surface area contributed by atoms with Crippen LogP contribution in [0.2, 0.25) is 0 Å². The number of carbonyl (C=O) groups excluding carboxylic acids is 1. The maximum Gasteiger partial charge on any atom is 0.223 e. The first-order valence-corrected chi connectivity index (χ1v) is 7.64. The van der Waals surface area contributed by atoms with Crippen molar-refractivity contribution in [1.29, 1.82) is 0 Å². The highest BCUT2D eigenvalue weighted by Crippen LogP contribution is 2.32. The van der Waals surface area contributed by atoms with Crippen molar-refractivity contribution in [3.05, 3.63) is 24.3 Å². The zero-order valence-electron chi connectivity index (χ0n) is 12.5. The lowest BCUT2D eigenvalue weighted by Crippen LogP contribution is -2.43. The van der Waals surface area contributed by atoms with Crippen molar-refractivity contribution >= 4 is 18.3 Å². The van der Waals surface area contributed by atoms with E-state index in [0.29, 0.717) is 25.6 Å². The number of fused-ring (bicyclic) bond motifs is 1. The highest BCUT2D eigenvalue weighted by atomic mass is 35.5. The summed E-state index contributed by atoms with van der Waals surface area (Å²) in [6, 6.07) is 7.59. The summed E-state index contributed by atoms with van der Waals surface area (Å²) >= 11 is 0. The topological polar surface area (TPSA) is 73.6 Å². The SMILES string of the molecule is Cl.NC[C@H]1CCC[C@H]1C(=O)NCC1COc2ccccc2O1. The molecule has 1 aromatic carbocycles. The predicted octanol–water partition coefficient (Wildman–Crippen LogP) is 1.74. The number of nitrogens with two attached hydrogens (primary N) is 1. The van der Waals surface area contributed by atoms with Crippen LogP contribution < -0.4 is 20.5 Å². The van der Waals surface area contributed by atoms with Crippen LogP contribution in [-0.2, 0) is 4.79 Å². The number of carbonyl (C=O) groups is 1. The van der Waals surface area contributed by atoms with Gasteiger partial charge in [0.15, 0.2) is 11.5 Å². The third kappa shape index (κ3) is 3.65. The second-order valence-corrected chi connectivity index (χ2v) is 5.78. The van der Waals surface area contributed by atoms with Crippen LogP contribution in [0.15, 0.2) is 24.3 Å². The molecule has 1 heterocycles. The molecule has 0 radical (unpaired) electrons. The van der Waals surface area contributed by atoms with E-state index in [1.807, 2.05) is 24.3 Å². The molecule has 0 aromatic heterocycles. The van der Waals surface area contributed by atoms with Crippen LogP contribution in [0.1, 0.15) is 19.3 Å². The summed E-state index contributed by atoms with van der Waals surface area (Å²) in [7, 11) is 0. The molecule has 122 valence electrons. The van der Waals surface area contributed by atoms with E-state index in [0.717, 1.165) is 30.8 Å². The Kier molecular flexibility index (Phi) is 5.91. The Morgan fingerprint density at radius 2 is 2.05 bits per heavy atom. The lowest BCUT2D eigenvalue weighted by atomic mass is 9.95. The van der Waals surface area contributed by atoms with Gasteiger partial charge in [-0.05, 0) is 37.4 Å². The Morgan fingerprint density at radius 3 is 2.82 bits per heavy atom. The quantitative estimate of drug-likeness (QED) is 0.884. The van der Waals surface area contributed by atoms with Gasteiger partial charge in [0, 0.05) is 5.92 Å². The first-order chi connectivity index (χ1) is 10.3. The highest BCUT2D eigenvalue weighted by Gasteiger charge is 2.32. The van der Waals surface area contributed by atoms with Crippen molar-refractivity contribution < 1.29 is 14.3 Å². The summed E-state index contributed by atoms with van der Waals surface area (Å²) in [5.74, 6) is 1.99. The van der Waals surface area contributed by atoms with E-state index in [1.54, 1.807) is 0 Å². The van der Waals surface area contributed by atoms with Crippen molar-refractivity contribution in [3.8, 4) is 11.5 Å². The van der Waals surface area contributed by atoms with Gasteiger partial charge < -0.3 is 20.5 Å². The van der Waals surface area contributed by atoms with Crippen molar-refractivity contribution in [2.24, 2.45) is 17.6 Å². The van der Waals surface area contributed by atoms with Gasteiger partial charge in [0.05, 0.1) is 6.54 Å². The lowest BCUT2D eigenvalue weighted by molar-refractivity contribution is -0.126. The third-order valence-corrected chi connectivity index (χ3v) is 4.37. The Labute approximate surface area is 137 Å². The normalized spacial score (nSPS) is 26.1.